The molecule has 69 heavy (non-hydrogen) atoms. The number of aliphatic hydroxyl groups is 1. The van der Waals surface area contributed by atoms with E-state index in [9.17, 15) is 5.11 Å². The fourth-order valence-corrected chi connectivity index (χ4v) is 7.25. The topological polar surface area (TPSA) is 215 Å². The summed E-state index contributed by atoms with van der Waals surface area (Å²) in [6, 6.07) is 29.0. The Kier molecular flexibility index (Phi) is 18.1. The maximum Gasteiger partial charge on any atom is 2.00 e. The molecule has 0 aliphatic carbocycles. The Morgan fingerprint density at radius 1 is 0.493 bits per heavy atom. The summed E-state index contributed by atoms with van der Waals surface area (Å²) < 4.78 is 12.0. The van der Waals surface area contributed by atoms with Gasteiger partial charge in [-0.2, -0.15) is 0 Å². The van der Waals surface area contributed by atoms with E-state index in [4.69, 9.17) is 54.4 Å². The first-order chi connectivity index (χ1) is 32.6. The zero-order valence-corrected chi connectivity index (χ0v) is 39.7. The number of rotatable bonds is 8. The summed E-state index contributed by atoms with van der Waals surface area (Å²) in [6.07, 6.45) is 21.2. The molecule has 0 saturated carbocycles. The number of aliphatic carboxylic acids is 3. The average molecular weight is 971 g/mol. The summed E-state index contributed by atoms with van der Waals surface area (Å²) in [5.41, 5.74) is 14.2. The Bertz CT molecular complexity index is 3080. The van der Waals surface area contributed by atoms with E-state index >= 15 is 0 Å². The number of fused-ring (bicyclic) bond motifs is 8. The van der Waals surface area contributed by atoms with Gasteiger partial charge in [0.15, 0.2) is 37.2 Å². The molecular weight excluding hydrogens is 921 g/mol. The fourth-order valence-electron chi connectivity index (χ4n) is 7.25. The van der Waals surface area contributed by atoms with Crippen molar-refractivity contribution in [2.24, 2.45) is 21.1 Å². The van der Waals surface area contributed by atoms with Gasteiger partial charge in [-0.1, -0.05) is 36.4 Å². The number of pyridine rings is 3. The molecule has 8 bridgehead atoms. The monoisotopic (exact) mass is 969 g/mol. The normalized spacial score (nSPS) is 10.8. The quantitative estimate of drug-likeness (QED) is 0.132. The van der Waals surface area contributed by atoms with Crippen molar-refractivity contribution in [1.29, 1.82) is 0 Å². The van der Waals surface area contributed by atoms with Gasteiger partial charge in [0.2, 0.25) is 0 Å². The second-order valence-electron chi connectivity index (χ2n) is 15.5. The molecule has 0 saturated heterocycles. The van der Waals surface area contributed by atoms with Crippen LogP contribution in [0.1, 0.15) is 50.0 Å². The molecule has 1 aromatic carbocycles. The molecule has 0 radical (unpaired) electrons. The third kappa shape index (κ3) is 13.8. The SMILES string of the molecule is CC(=O)[O-].CC(=O)[O-].CC(=O)[O-].C[n+]1ccc(-c2c3nc(c(-c4cc[n+](C)cc4)c4ccc([n-]4)c(-c4cc[n+](C)cc4)c4nc(c(-c5ccc(OCCCO)cc5)c5ccc2[n-]5)C=C4)C=C3)cc1.[Ni+2]. The molecule has 16 heteroatoms. The van der Waals surface area contributed by atoms with Crippen LogP contribution in [0.25, 0.3) is 90.9 Å². The van der Waals surface area contributed by atoms with Gasteiger partial charge < -0.3 is 49.5 Å². The number of nitrogens with zero attached hydrogens (tertiary/aromatic N) is 7. The van der Waals surface area contributed by atoms with Crippen molar-refractivity contribution in [3.05, 3.63) is 145 Å². The van der Waals surface area contributed by atoms with E-state index < -0.39 is 17.9 Å². The zero-order chi connectivity index (χ0) is 48.9. The molecule has 9 rings (SSSR count). The summed E-state index contributed by atoms with van der Waals surface area (Å²) in [5.74, 6) is -2.51. The van der Waals surface area contributed by atoms with Crippen LogP contribution in [0.5, 0.6) is 5.75 Å². The Morgan fingerprint density at radius 3 is 1.01 bits per heavy atom. The number of carbonyl (C=O) groups excluding carboxylic acids is 3. The third-order valence-corrected chi connectivity index (χ3v) is 10.1. The van der Waals surface area contributed by atoms with Gasteiger partial charge in [-0.25, -0.2) is 23.7 Å². The van der Waals surface area contributed by atoms with Gasteiger partial charge in [0, 0.05) is 67.3 Å². The van der Waals surface area contributed by atoms with Crippen LogP contribution in [-0.4, -0.2) is 46.2 Å². The van der Waals surface area contributed by atoms with Crippen LogP contribution in [0.15, 0.2) is 122 Å². The molecule has 2 aliphatic rings. The van der Waals surface area contributed by atoms with Crippen molar-refractivity contribution >= 4 is 64.3 Å². The molecule has 0 amide bonds. The van der Waals surface area contributed by atoms with Gasteiger partial charge in [-0.15, -0.1) is 22.1 Å². The van der Waals surface area contributed by atoms with Crippen molar-refractivity contribution in [3.63, 3.8) is 0 Å². The smallest absolute Gasteiger partial charge is 0.657 e. The Labute approximate surface area is 409 Å². The summed E-state index contributed by atoms with van der Waals surface area (Å²) in [7, 11) is 6.04. The number of carbonyl (C=O) groups is 3. The summed E-state index contributed by atoms with van der Waals surface area (Å²) >= 11 is 0. The van der Waals surface area contributed by atoms with Crippen LogP contribution < -0.4 is 43.7 Å². The zero-order valence-electron chi connectivity index (χ0n) is 38.7. The first kappa shape index (κ1) is 51.9. The number of benzene rings is 1. The predicted molar refractivity (Wildman–Crippen MR) is 251 cm³/mol. The molecular formula is C53H49N7NiO8. The standard InChI is InChI=1S/C47H40N7O2.3C2H4O2.Ni/c1-52-23-17-32(18-24-52)45-38-11-9-36(48-38)44(31-5-7-35(8-6-31)56-30-4-29-55)37-10-12-39(49-37)46(33-19-25-53(2)26-20-33)41-14-16-43(51-41)47(42-15-13-40(45)50-42)34-21-27-54(3)28-22-34;3*1-2(3)4;/h5-28,55H,4,29-30H2,1-3H3;3*1H3,(H,3,4);/q+1;;;;+2/p-3. The minimum Gasteiger partial charge on any atom is -0.657 e. The Balaban J connectivity index is 0.000000616. The van der Waals surface area contributed by atoms with E-state index in [0.29, 0.717) is 13.0 Å². The minimum absolute atomic E-state index is 0. The van der Waals surface area contributed by atoms with E-state index in [0.717, 1.165) is 116 Å². The predicted octanol–water partition coefficient (Wildman–Crippen LogP) is 3.08. The summed E-state index contributed by atoms with van der Waals surface area (Å²) in [5, 5.41) is 35.9. The van der Waals surface area contributed by atoms with Crippen molar-refractivity contribution < 1.29 is 69.7 Å². The van der Waals surface area contributed by atoms with Crippen LogP contribution >= 0.6 is 0 Å². The molecule has 1 N–H and O–H groups in total. The fraction of sp³-hybridized carbons (Fsp3) is 0.170. The molecule has 8 heterocycles. The van der Waals surface area contributed by atoms with E-state index in [-0.39, 0.29) is 23.1 Å². The second-order valence-corrected chi connectivity index (χ2v) is 15.5. The van der Waals surface area contributed by atoms with Crippen LogP contribution in [0, 0.1) is 0 Å². The molecule has 0 unspecified atom stereocenters. The van der Waals surface area contributed by atoms with Crippen molar-refractivity contribution in [3.8, 4) is 50.3 Å². The largest absolute Gasteiger partial charge is 2.00 e. The van der Waals surface area contributed by atoms with E-state index in [1.165, 1.54) is 0 Å². The second kappa shape index (κ2) is 24.1. The van der Waals surface area contributed by atoms with Gasteiger partial charge in [-0.05, 0) is 102 Å². The van der Waals surface area contributed by atoms with Crippen molar-refractivity contribution in [2.45, 2.75) is 27.2 Å². The number of carboxylic acid groups (broad SMARTS) is 3. The molecule has 7 aromatic rings. The summed E-state index contributed by atoms with van der Waals surface area (Å²) in [4.78, 5) is 48.1. The number of hydrogen-bond donors (Lipinski definition) is 1. The number of aliphatic hydroxyl groups excluding tert-OH is 1. The first-order valence-corrected chi connectivity index (χ1v) is 21.4. The van der Waals surface area contributed by atoms with Gasteiger partial charge in [-0.3, -0.25) is 0 Å². The minimum atomic E-state index is -1.08. The van der Waals surface area contributed by atoms with Gasteiger partial charge >= 0.3 is 16.5 Å². The summed E-state index contributed by atoms with van der Waals surface area (Å²) in [6.45, 7) is 3.44. The van der Waals surface area contributed by atoms with Crippen LogP contribution in [0.3, 0.4) is 0 Å². The molecule has 0 spiro atoms. The molecule has 2 aliphatic heterocycles. The number of aryl methyl sites for hydroxylation is 3. The number of aromatic nitrogens is 7. The molecule has 0 atom stereocenters. The molecule has 15 nitrogen and oxygen atoms in total. The molecule has 0 fully saturated rings. The number of ether oxygens (including phenoxy) is 1. The van der Waals surface area contributed by atoms with Crippen molar-refractivity contribution in [2.75, 3.05) is 13.2 Å². The Morgan fingerprint density at radius 2 is 0.754 bits per heavy atom. The number of hydrogen-bond acceptors (Lipinski definition) is 10. The van der Waals surface area contributed by atoms with Crippen LogP contribution in [0.4, 0.5) is 0 Å². The third-order valence-electron chi connectivity index (χ3n) is 10.1. The van der Waals surface area contributed by atoms with Crippen LogP contribution in [0.2, 0.25) is 0 Å². The van der Waals surface area contributed by atoms with Gasteiger partial charge in [0.1, 0.15) is 26.9 Å². The van der Waals surface area contributed by atoms with Crippen LogP contribution in [-0.2, 0) is 52.0 Å². The Hall–Kier alpha value is -8.07. The maximum absolute atomic E-state index is 9.26. The van der Waals surface area contributed by atoms with E-state index in [1.54, 1.807) is 0 Å². The van der Waals surface area contributed by atoms with E-state index in [2.05, 4.69) is 97.4 Å². The maximum atomic E-state index is 9.26. The molecule has 6 aromatic heterocycles. The first-order valence-electron chi connectivity index (χ1n) is 21.4. The van der Waals surface area contributed by atoms with Gasteiger partial charge in [0.05, 0.1) is 29.4 Å². The number of carboxylic acids is 3. The van der Waals surface area contributed by atoms with E-state index in [1.807, 2.05) is 83.9 Å². The van der Waals surface area contributed by atoms with Crippen molar-refractivity contribution in [1.82, 2.24) is 19.9 Å². The average Bonchev–Trinajstić information content (AvgIpc) is 4.14. The molecule has 354 valence electrons. The van der Waals surface area contributed by atoms with Gasteiger partial charge in [0.25, 0.3) is 0 Å².